The summed E-state index contributed by atoms with van der Waals surface area (Å²) < 4.78 is 26.5. The maximum absolute atomic E-state index is 12.0. The number of rotatable bonds is 6. The number of carboxylic acid groups (broad SMARTS) is 1. The molecular weight excluding hydrogens is 286 g/mol. The van der Waals surface area contributed by atoms with Crippen LogP contribution in [0.25, 0.3) is 0 Å². The molecule has 0 aromatic heterocycles. The summed E-state index contributed by atoms with van der Waals surface area (Å²) in [6.45, 7) is 3.84. The van der Waals surface area contributed by atoms with Gasteiger partial charge in [-0.2, -0.15) is 11.8 Å². The number of aromatic carboxylic acids is 1. The smallest absolute Gasteiger partial charge is 0.335 e. The van der Waals surface area contributed by atoms with Crippen LogP contribution >= 0.6 is 11.8 Å². The third-order valence-corrected chi connectivity index (χ3v) is 5.11. The summed E-state index contributed by atoms with van der Waals surface area (Å²) in [7, 11) is -3.66. The van der Waals surface area contributed by atoms with Crippen LogP contribution in [0.4, 0.5) is 0 Å². The van der Waals surface area contributed by atoms with E-state index < -0.39 is 16.0 Å². The highest BCUT2D eigenvalue weighted by Crippen LogP contribution is 2.16. The van der Waals surface area contributed by atoms with Crippen LogP contribution in [0, 0.1) is 6.92 Å². The number of sulfonamides is 1. The zero-order valence-corrected chi connectivity index (χ0v) is 12.6. The first kappa shape index (κ1) is 16.0. The summed E-state index contributed by atoms with van der Waals surface area (Å²) in [5.74, 6) is -1.13. The number of benzene rings is 1. The van der Waals surface area contributed by atoms with E-state index in [2.05, 4.69) is 4.72 Å². The summed E-state index contributed by atoms with van der Waals surface area (Å²) in [4.78, 5) is 11.0. The number of hydrogen-bond donors (Lipinski definition) is 2. The average molecular weight is 303 g/mol. The first-order valence-electron chi connectivity index (χ1n) is 5.64. The van der Waals surface area contributed by atoms with E-state index in [0.717, 1.165) is 0 Å². The fourth-order valence-electron chi connectivity index (χ4n) is 1.39. The molecule has 5 nitrogen and oxygen atoms in total. The Bertz CT molecular complexity index is 569. The average Bonchev–Trinajstić information content (AvgIpc) is 2.35. The van der Waals surface area contributed by atoms with Crippen molar-refractivity contribution in [1.29, 1.82) is 0 Å². The van der Waals surface area contributed by atoms with Gasteiger partial charge in [0.1, 0.15) is 0 Å². The fraction of sp³-hybridized carbons (Fsp3) is 0.417. The predicted octanol–water partition coefficient (Wildman–Crippen LogP) is 1.72. The Morgan fingerprint density at radius 2 is 2.11 bits per heavy atom. The minimum atomic E-state index is -3.66. The Morgan fingerprint density at radius 3 is 2.63 bits per heavy atom. The van der Waals surface area contributed by atoms with Crippen molar-refractivity contribution in [2.24, 2.45) is 0 Å². The van der Waals surface area contributed by atoms with Crippen molar-refractivity contribution in [3.05, 3.63) is 29.3 Å². The topological polar surface area (TPSA) is 83.5 Å². The second-order valence-electron chi connectivity index (χ2n) is 4.18. The summed E-state index contributed by atoms with van der Waals surface area (Å²) in [6, 6.07) is 4.09. The third-order valence-electron chi connectivity index (χ3n) is 2.71. The molecule has 1 rings (SSSR count). The third kappa shape index (κ3) is 4.22. The predicted molar refractivity (Wildman–Crippen MR) is 76.3 cm³/mol. The Hall–Kier alpha value is -1.05. The molecule has 0 radical (unpaired) electrons. The van der Waals surface area contributed by atoms with Gasteiger partial charge in [-0.1, -0.05) is 13.0 Å². The van der Waals surface area contributed by atoms with E-state index >= 15 is 0 Å². The van der Waals surface area contributed by atoms with Gasteiger partial charge in [0.05, 0.1) is 10.5 Å². The first-order valence-corrected chi connectivity index (χ1v) is 8.41. The lowest BCUT2D eigenvalue weighted by atomic mass is 10.1. The van der Waals surface area contributed by atoms with Crippen LogP contribution < -0.4 is 4.72 Å². The van der Waals surface area contributed by atoms with E-state index in [4.69, 9.17) is 5.11 Å². The van der Waals surface area contributed by atoms with E-state index in [-0.39, 0.29) is 15.7 Å². The van der Waals surface area contributed by atoms with Crippen molar-refractivity contribution in [2.45, 2.75) is 24.0 Å². The lowest BCUT2D eigenvalue weighted by Crippen LogP contribution is -2.29. The van der Waals surface area contributed by atoms with Gasteiger partial charge in [0.25, 0.3) is 0 Å². The van der Waals surface area contributed by atoms with E-state index in [1.807, 2.05) is 13.2 Å². The molecule has 1 aromatic carbocycles. The number of hydrogen-bond acceptors (Lipinski definition) is 4. The molecule has 1 atom stereocenters. The van der Waals surface area contributed by atoms with Gasteiger partial charge in [-0.3, -0.25) is 0 Å². The zero-order valence-electron chi connectivity index (χ0n) is 11.0. The summed E-state index contributed by atoms with van der Waals surface area (Å²) in [6.07, 6.45) is 1.90. The first-order chi connectivity index (χ1) is 8.77. The Kier molecular flexibility index (Phi) is 5.39. The molecule has 0 aliphatic heterocycles. The van der Waals surface area contributed by atoms with E-state index in [0.29, 0.717) is 12.1 Å². The van der Waals surface area contributed by atoms with Crippen LogP contribution in [-0.4, -0.2) is 37.5 Å². The van der Waals surface area contributed by atoms with Crippen LogP contribution in [-0.2, 0) is 10.0 Å². The van der Waals surface area contributed by atoms with E-state index in [9.17, 15) is 13.2 Å². The number of aryl methyl sites for hydroxylation is 1. The normalized spacial score (nSPS) is 13.2. The monoisotopic (exact) mass is 303 g/mol. The Balaban J connectivity index is 3.02. The van der Waals surface area contributed by atoms with Crippen molar-refractivity contribution in [3.8, 4) is 0 Å². The highest BCUT2D eigenvalue weighted by molar-refractivity contribution is 7.99. The number of carbonyl (C=O) groups is 1. The molecule has 19 heavy (non-hydrogen) atoms. The molecular formula is C12H17NO4S2. The van der Waals surface area contributed by atoms with Gasteiger partial charge >= 0.3 is 5.97 Å². The van der Waals surface area contributed by atoms with Gasteiger partial charge in [0, 0.05) is 11.8 Å². The van der Waals surface area contributed by atoms with Crippen LogP contribution in [0.15, 0.2) is 23.1 Å². The van der Waals surface area contributed by atoms with Gasteiger partial charge < -0.3 is 5.11 Å². The summed E-state index contributed by atoms with van der Waals surface area (Å²) in [5, 5.41) is 9.15. The molecule has 1 aromatic rings. The molecule has 0 heterocycles. The quantitative estimate of drug-likeness (QED) is 0.836. The molecule has 0 spiro atoms. The van der Waals surface area contributed by atoms with Crippen LogP contribution in [0.5, 0.6) is 0 Å². The largest absolute Gasteiger partial charge is 0.478 e. The number of thioether (sulfide) groups is 1. The highest BCUT2D eigenvalue weighted by atomic mass is 32.2. The standard InChI is InChI=1S/C12H17NO4S2/c1-8-4-5-10(6-11(8)12(14)15)19(16,17)13-7-9(2)18-3/h4-6,9,13H,7H2,1-3H3,(H,14,15). The molecule has 0 aliphatic rings. The van der Waals surface area contributed by atoms with Crippen molar-refractivity contribution in [3.63, 3.8) is 0 Å². The molecule has 0 bridgehead atoms. The lowest BCUT2D eigenvalue weighted by Gasteiger charge is -2.11. The Labute approximate surface area is 117 Å². The summed E-state index contributed by atoms with van der Waals surface area (Å²) in [5.41, 5.74) is 0.532. The summed E-state index contributed by atoms with van der Waals surface area (Å²) >= 11 is 1.55. The molecule has 0 aliphatic carbocycles. The van der Waals surface area contributed by atoms with Crippen LogP contribution in [0.2, 0.25) is 0 Å². The minimum absolute atomic E-state index is 0.000731. The van der Waals surface area contributed by atoms with Gasteiger partial charge in [0.2, 0.25) is 10.0 Å². The lowest BCUT2D eigenvalue weighted by molar-refractivity contribution is 0.0696. The maximum Gasteiger partial charge on any atom is 0.335 e. The van der Waals surface area contributed by atoms with E-state index in [1.165, 1.54) is 18.2 Å². The van der Waals surface area contributed by atoms with Gasteiger partial charge in [0.15, 0.2) is 0 Å². The maximum atomic E-state index is 12.0. The van der Waals surface area contributed by atoms with Crippen molar-refractivity contribution < 1.29 is 18.3 Å². The van der Waals surface area contributed by atoms with Crippen molar-refractivity contribution in [1.82, 2.24) is 4.72 Å². The number of carboxylic acids is 1. The molecule has 1 unspecified atom stereocenters. The minimum Gasteiger partial charge on any atom is -0.478 e. The molecule has 0 fully saturated rings. The molecule has 0 amide bonds. The van der Waals surface area contributed by atoms with E-state index in [1.54, 1.807) is 18.7 Å². The molecule has 0 saturated carbocycles. The van der Waals surface area contributed by atoms with Gasteiger partial charge in [-0.15, -0.1) is 0 Å². The highest BCUT2D eigenvalue weighted by Gasteiger charge is 2.18. The van der Waals surface area contributed by atoms with Crippen molar-refractivity contribution >= 4 is 27.8 Å². The van der Waals surface area contributed by atoms with Gasteiger partial charge in [-0.05, 0) is 30.9 Å². The second-order valence-corrected chi connectivity index (χ2v) is 7.22. The fourth-order valence-corrected chi connectivity index (χ4v) is 2.90. The molecule has 0 saturated heterocycles. The van der Waals surface area contributed by atoms with Crippen molar-refractivity contribution in [2.75, 3.05) is 12.8 Å². The zero-order chi connectivity index (χ0) is 14.6. The second kappa shape index (κ2) is 6.40. The number of nitrogens with one attached hydrogen (secondary N) is 1. The van der Waals surface area contributed by atoms with Crippen LogP contribution in [0.1, 0.15) is 22.8 Å². The Morgan fingerprint density at radius 1 is 1.47 bits per heavy atom. The van der Waals surface area contributed by atoms with Gasteiger partial charge in [-0.25, -0.2) is 17.9 Å². The SMILES string of the molecule is CSC(C)CNS(=O)(=O)c1ccc(C)c(C(=O)O)c1. The molecule has 7 heteroatoms. The molecule has 2 N–H and O–H groups in total. The molecule has 106 valence electrons. The van der Waals surface area contributed by atoms with Crippen LogP contribution in [0.3, 0.4) is 0 Å².